The number of carbonyl (C=O) groups is 2. The van der Waals surface area contributed by atoms with Crippen molar-refractivity contribution in [1.82, 2.24) is 5.32 Å². The van der Waals surface area contributed by atoms with Crippen molar-refractivity contribution in [2.75, 3.05) is 11.9 Å². The standard InChI is InChI=1S/C16H14F2N2O2/c17-12-4-6-14(7-5-12)20-16(22)10-19-15(21)9-11-2-1-3-13(18)8-11/h1-8H,9-10H2,(H,19,21)(H,20,22). The van der Waals surface area contributed by atoms with E-state index in [9.17, 15) is 18.4 Å². The number of hydrogen-bond donors (Lipinski definition) is 2. The summed E-state index contributed by atoms with van der Waals surface area (Å²) in [5.74, 6) is -1.64. The van der Waals surface area contributed by atoms with E-state index in [-0.39, 0.29) is 18.9 Å². The van der Waals surface area contributed by atoms with Gasteiger partial charge in [-0.2, -0.15) is 0 Å². The van der Waals surface area contributed by atoms with Crippen molar-refractivity contribution < 1.29 is 18.4 Å². The Morgan fingerprint density at radius 3 is 2.32 bits per heavy atom. The van der Waals surface area contributed by atoms with Crippen LogP contribution in [-0.2, 0) is 16.0 Å². The highest BCUT2D eigenvalue weighted by molar-refractivity contribution is 5.94. The second-order valence-electron chi connectivity index (χ2n) is 4.64. The van der Waals surface area contributed by atoms with E-state index < -0.39 is 17.5 Å². The summed E-state index contributed by atoms with van der Waals surface area (Å²) in [4.78, 5) is 23.3. The van der Waals surface area contributed by atoms with Crippen LogP contribution >= 0.6 is 0 Å². The monoisotopic (exact) mass is 304 g/mol. The molecule has 0 spiro atoms. The van der Waals surface area contributed by atoms with Gasteiger partial charge in [0.1, 0.15) is 11.6 Å². The molecule has 4 nitrogen and oxygen atoms in total. The lowest BCUT2D eigenvalue weighted by molar-refractivity contribution is -0.123. The van der Waals surface area contributed by atoms with Crippen LogP contribution in [0.4, 0.5) is 14.5 Å². The van der Waals surface area contributed by atoms with E-state index in [1.54, 1.807) is 6.07 Å². The number of anilines is 1. The third-order valence-corrected chi connectivity index (χ3v) is 2.83. The van der Waals surface area contributed by atoms with Crippen molar-refractivity contribution in [3.05, 3.63) is 65.7 Å². The van der Waals surface area contributed by atoms with Crippen LogP contribution in [0.1, 0.15) is 5.56 Å². The zero-order valence-corrected chi connectivity index (χ0v) is 11.6. The van der Waals surface area contributed by atoms with Gasteiger partial charge in [0.05, 0.1) is 13.0 Å². The Hall–Kier alpha value is -2.76. The molecule has 22 heavy (non-hydrogen) atoms. The Kier molecular flexibility index (Phi) is 5.19. The first kappa shape index (κ1) is 15.6. The fourth-order valence-electron chi connectivity index (χ4n) is 1.81. The van der Waals surface area contributed by atoms with Gasteiger partial charge in [-0.05, 0) is 42.0 Å². The topological polar surface area (TPSA) is 58.2 Å². The predicted octanol–water partition coefficient (Wildman–Crippen LogP) is 2.26. The summed E-state index contributed by atoms with van der Waals surface area (Å²) in [6.07, 6.45) is -0.0123. The van der Waals surface area contributed by atoms with Gasteiger partial charge in [-0.3, -0.25) is 9.59 Å². The van der Waals surface area contributed by atoms with Crippen LogP contribution in [-0.4, -0.2) is 18.4 Å². The quantitative estimate of drug-likeness (QED) is 0.890. The number of amides is 2. The lowest BCUT2D eigenvalue weighted by Crippen LogP contribution is -2.33. The first-order valence-corrected chi connectivity index (χ1v) is 6.59. The summed E-state index contributed by atoms with van der Waals surface area (Å²) >= 11 is 0. The Labute approximate surface area is 126 Å². The Morgan fingerprint density at radius 1 is 0.909 bits per heavy atom. The summed E-state index contributed by atoms with van der Waals surface area (Å²) in [7, 11) is 0. The molecule has 0 heterocycles. The maximum absolute atomic E-state index is 13.0. The highest BCUT2D eigenvalue weighted by Gasteiger charge is 2.07. The number of halogens is 2. The Morgan fingerprint density at radius 2 is 1.64 bits per heavy atom. The minimum absolute atomic E-state index is 0.0123. The highest BCUT2D eigenvalue weighted by Crippen LogP contribution is 2.07. The highest BCUT2D eigenvalue weighted by atomic mass is 19.1. The lowest BCUT2D eigenvalue weighted by atomic mass is 10.1. The van der Waals surface area contributed by atoms with Gasteiger partial charge in [-0.15, -0.1) is 0 Å². The van der Waals surface area contributed by atoms with Gasteiger partial charge in [0, 0.05) is 5.69 Å². The van der Waals surface area contributed by atoms with Crippen molar-refractivity contribution in [3.63, 3.8) is 0 Å². The average molecular weight is 304 g/mol. The van der Waals surface area contributed by atoms with Crippen molar-refractivity contribution in [1.29, 1.82) is 0 Å². The number of carbonyl (C=O) groups excluding carboxylic acids is 2. The Balaban J connectivity index is 1.78. The minimum atomic E-state index is -0.431. The molecule has 2 rings (SSSR count). The van der Waals surface area contributed by atoms with Crippen molar-refractivity contribution in [2.45, 2.75) is 6.42 Å². The number of nitrogens with one attached hydrogen (secondary N) is 2. The molecule has 2 amide bonds. The van der Waals surface area contributed by atoms with Crippen LogP contribution < -0.4 is 10.6 Å². The molecule has 2 N–H and O–H groups in total. The molecule has 0 saturated carbocycles. The van der Waals surface area contributed by atoms with E-state index >= 15 is 0 Å². The predicted molar refractivity (Wildman–Crippen MR) is 78.1 cm³/mol. The van der Waals surface area contributed by atoms with Crippen LogP contribution in [0.5, 0.6) is 0 Å². The third-order valence-electron chi connectivity index (χ3n) is 2.83. The van der Waals surface area contributed by atoms with Crippen molar-refractivity contribution in [2.24, 2.45) is 0 Å². The molecule has 0 aliphatic heterocycles. The van der Waals surface area contributed by atoms with Crippen molar-refractivity contribution in [3.8, 4) is 0 Å². The summed E-state index contributed by atoms with van der Waals surface area (Å²) in [6.45, 7) is -0.217. The number of rotatable bonds is 5. The SMILES string of the molecule is O=C(Cc1cccc(F)c1)NCC(=O)Nc1ccc(F)cc1. The summed E-state index contributed by atoms with van der Waals surface area (Å²) in [5, 5.41) is 4.95. The molecule has 2 aromatic rings. The van der Waals surface area contributed by atoms with E-state index in [1.165, 1.54) is 42.5 Å². The second kappa shape index (κ2) is 7.31. The molecule has 0 fully saturated rings. The fourth-order valence-corrected chi connectivity index (χ4v) is 1.81. The van der Waals surface area contributed by atoms with Crippen LogP contribution in [0.25, 0.3) is 0 Å². The van der Waals surface area contributed by atoms with Gasteiger partial charge >= 0.3 is 0 Å². The average Bonchev–Trinajstić information content (AvgIpc) is 2.48. The van der Waals surface area contributed by atoms with Crippen molar-refractivity contribution >= 4 is 17.5 Å². The molecule has 0 unspecified atom stereocenters. The van der Waals surface area contributed by atoms with Gasteiger partial charge in [0.25, 0.3) is 0 Å². The van der Waals surface area contributed by atoms with Gasteiger partial charge in [0.15, 0.2) is 0 Å². The maximum atomic E-state index is 13.0. The summed E-state index contributed by atoms with van der Waals surface area (Å²) in [6, 6.07) is 11.0. The zero-order valence-electron chi connectivity index (χ0n) is 11.6. The van der Waals surface area contributed by atoms with E-state index in [0.717, 1.165) is 0 Å². The largest absolute Gasteiger partial charge is 0.347 e. The molecule has 0 aliphatic rings. The van der Waals surface area contributed by atoms with E-state index in [0.29, 0.717) is 11.3 Å². The normalized spacial score (nSPS) is 10.1. The molecule has 0 aromatic heterocycles. The third kappa shape index (κ3) is 4.97. The first-order valence-electron chi connectivity index (χ1n) is 6.59. The first-order chi connectivity index (χ1) is 10.5. The lowest BCUT2D eigenvalue weighted by Gasteiger charge is -2.07. The number of hydrogen-bond acceptors (Lipinski definition) is 2. The van der Waals surface area contributed by atoms with E-state index in [1.807, 2.05) is 0 Å². The second-order valence-corrected chi connectivity index (χ2v) is 4.64. The van der Waals surface area contributed by atoms with Gasteiger partial charge < -0.3 is 10.6 Å². The summed E-state index contributed by atoms with van der Waals surface area (Å²) in [5.41, 5.74) is 0.960. The summed E-state index contributed by atoms with van der Waals surface area (Å²) < 4.78 is 25.7. The molecule has 0 aliphatic carbocycles. The minimum Gasteiger partial charge on any atom is -0.347 e. The molecule has 114 valence electrons. The van der Waals surface area contributed by atoms with Crippen LogP contribution in [0.2, 0.25) is 0 Å². The zero-order chi connectivity index (χ0) is 15.9. The van der Waals surface area contributed by atoms with Crippen LogP contribution in [0.15, 0.2) is 48.5 Å². The molecular weight excluding hydrogens is 290 g/mol. The molecule has 6 heteroatoms. The molecule has 2 aromatic carbocycles. The molecular formula is C16H14F2N2O2. The molecule has 0 radical (unpaired) electrons. The number of benzene rings is 2. The van der Waals surface area contributed by atoms with Gasteiger partial charge in [0.2, 0.25) is 11.8 Å². The van der Waals surface area contributed by atoms with E-state index in [4.69, 9.17) is 0 Å². The van der Waals surface area contributed by atoms with Gasteiger partial charge in [-0.1, -0.05) is 12.1 Å². The van der Waals surface area contributed by atoms with E-state index in [2.05, 4.69) is 10.6 Å². The maximum Gasteiger partial charge on any atom is 0.243 e. The Bertz CT molecular complexity index is 672. The molecule has 0 atom stereocenters. The molecule has 0 saturated heterocycles. The molecule has 0 bridgehead atoms. The van der Waals surface area contributed by atoms with Crippen LogP contribution in [0.3, 0.4) is 0 Å². The van der Waals surface area contributed by atoms with Gasteiger partial charge in [-0.25, -0.2) is 8.78 Å². The smallest absolute Gasteiger partial charge is 0.243 e. The van der Waals surface area contributed by atoms with Crippen LogP contribution in [0, 0.1) is 11.6 Å². The fraction of sp³-hybridized carbons (Fsp3) is 0.125.